The Balaban J connectivity index is 5.10. The molecule has 0 heterocycles. The lowest BCUT2D eigenvalue weighted by Gasteiger charge is -2.21. The first-order valence-electron chi connectivity index (χ1n) is 41.7. The highest BCUT2D eigenvalue weighted by molar-refractivity contribution is 7.47. The highest BCUT2D eigenvalue weighted by Gasteiger charge is 2.30. The molecule has 0 spiro atoms. The van der Waals surface area contributed by atoms with E-state index in [9.17, 15) is 43.2 Å². The van der Waals surface area contributed by atoms with Crippen molar-refractivity contribution in [2.24, 2.45) is 5.92 Å². The van der Waals surface area contributed by atoms with E-state index in [1.165, 1.54) is 244 Å². The molecule has 0 rings (SSSR count). The molecule has 0 amide bonds. The maximum Gasteiger partial charge on any atom is 0.472 e. The van der Waals surface area contributed by atoms with Gasteiger partial charge in [-0.2, -0.15) is 0 Å². The summed E-state index contributed by atoms with van der Waals surface area (Å²) < 4.78 is 68.4. The topological polar surface area (TPSA) is 237 Å². The van der Waals surface area contributed by atoms with Crippen molar-refractivity contribution in [3.05, 3.63) is 0 Å². The summed E-state index contributed by atoms with van der Waals surface area (Å²) in [7, 11) is -9.90. The van der Waals surface area contributed by atoms with E-state index >= 15 is 0 Å². The van der Waals surface area contributed by atoms with Crippen molar-refractivity contribution in [2.75, 3.05) is 39.6 Å². The molecule has 17 nitrogen and oxygen atoms in total. The number of hydrogen-bond donors (Lipinski definition) is 3. The Labute approximate surface area is 607 Å². The van der Waals surface area contributed by atoms with Gasteiger partial charge in [0.05, 0.1) is 26.4 Å². The Morgan fingerprint density at radius 1 is 0.283 bits per heavy atom. The quantitative estimate of drug-likeness (QED) is 0.0222. The normalized spacial score (nSPS) is 14.1. The third-order valence-electron chi connectivity index (χ3n) is 19.1. The molecule has 0 saturated heterocycles. The van der Waals surface area contributed by atoms with Crippen molar-refractivity contribution in [2.45, 2.75) is 445 Å². The lowest BCUT2D eigenvalue weighted by atomic mass is 9.99. The Kier molecular flexibility index (Phi) is 71.6. The van der Waals surface area contributed by atoms with Crippen LogP contribution in [0.5, 0.6) is 0 Å². The zero-order valence-corrected chi connectivity index (χ0v) is 66.4. The van der Waals surface area contributed by atoms with Gasteiger partial charge in [0.15, 0.2) is 12.2 Å². The molecule has 19 heteroatoms. The lowest BCUT2D eigenvalue weighted by Crippen LogP contribution is -2.30. The molecule has 0 aromatic rings. The van der Waals surface area contributed by atoms with Gasteiger partial charge in [0.1, 0.15) is 19.3 Å². The van der Waals surface area contributed by atoms with Gasteiger partial charge in [0.25, 0.3) is 0 Å². The van der Waals surface area contributed by atoms with Gasteiger partial charge in [-0.3, -0.25) is 37.3 Å². The van der Waals surface area contributed by atoms with Crippen LogP contribution in [0.3, 0.4) is 0 Å². The number of aliphatic hydroxyl groups excluding tert-OH is 1. The largest absolute Gasteiger partial charge is 0.472 e. The molecule has 0 aliphatic carbocycles. The monoisotopic (exact) mass is 1450 g/mol. The average molecular weight is 1450 g/mol. The van der Waals surface area contributed by atoms with E-state index in [4.69, 9.17) is 37.0 Å². The molecule has 0 aromatic carbocycles. The number of phosphoric acid groups is 2. The van der Waals surface area contributed by atoms with Crippen LogP contribution in [0.1, 0.15) is 426 Å². The molecule has 588 valence electrons. The minimum atomic E-state index is -4.96. The van der Waals surface area contributed by atoms with Crippen LogP contribution in [0.2, 0.25) is 0 Å². The van der Waals surface area contributed by atoms with Crippen molar-refractivity contribution in [3.8, 4) is 0 Å². The number of carbonyl (C=O) groups excluding carboxylic acids is 4. The fourth-order valence-electron chi connectivity index (χ4n) is 12.4. The van der Waals surface area contributed by atoms with Gasteiger partial charge in [-0.05, 0) is 31.6 Å². The standard InChI is InChI=1S/C80H156O17P2/c1-6-10-13-16-18-20-22-24-25-26-27-28-32-35-38-42-45-49-54-59-64-78(83)91-70-76(97-80(85)66-61-56-51-47-43-39-36-33-30-29-31-34-37-40-44-48-53-57-62-73(5)9-4)72-95-99(88,89)93-68-74(81)67-92-98(86,87)94-71-75(69-90-77(82)63-58-52-15-12-8-3)96-79(84)65-60-55-50-46-41-23-21-19-17-14-11-7-2/h73-76,81H,6-72H2,1-5H3,(H,86,87)(H,88,89)/t73?,74-,75+,76+/m0/s1. The molecule has 0 aliphatic rings. The molecule has 6 atom stereocenters. The first kappa shape index (κ1) is 97.1. The van der Waals surface area contributed by atoms with Gasteiger partial charge in [-0.1, -0.05) is 375 Å². The molecule has 99 heavy (non-hydrogen) atoms. The Hall–Kier alpha value is -1.94. The van der Waals surface area contributed by atoms with E-state index in [2.05, 4.69) is 34.6 Å². The second kappa shape index (κ2) is 73.0. The fraction of sp³-hybridized carbons (Fsp3) is 0.950. The summed E-state index contributed by atoms with van der Waals surface area (Å²) in [5.74, 6) is -1.25. The van der Waals surface area contributed by atoms with Gasteiger partial charge in [0.2, 0.25) is 0 Å². The van der Waals surface area contributed by atoms with Gasteiger partial charge < -0.3 is 33.8 Å². The maximum absolute atomic E-state index is 13.1. The molecule has 0 radical (unpaired) electrons. The second-order valence-electron chi connectivity index (χ2n) is 29.1. The van der Waals surface area contributed by atoms with E-state index in [0.717, 1.165) is 102 Å². The minimum absolute atomic E-state index is 0.107. The summed E-state index contributed by atoms with van der Waals surface area (Å²) in [6.07, 6.45) is 64.4. The minimum Gasteiger partial charge on any atom is -0.462 e. The van der Waals surface area contributed by atoms with Crippen molar-refractivity contribution < 1.29 is 80.2 Å². The van der Waals surface area contributed by atoms with Gasteiger partial charge >= 0.3 is 39.5 Å². The van der Waals surface area contributed by atoms with E-state index in [1.807, 2.05) is 0 Å². The Bertz CT molecular complexity index is 1890. The van der Waals surface area contributed by atoms with Crippen molar-refractivity contribution >= 4 is 39.5 Å². The third-order valence-corrected chi connectivity index (χ3v) is 21.0. The molecular formula is C80H156O17P2. The van der Waals surface area contributed by atoms with Gasteiger partial charge in [0, 0.05) is 25.7 Å². The lowest BCUT2D eigenvalue weighted by molar-refractivity contribution is -0.161. The van der Waals surface area contributed by atoms with Gasteiger partial charge in [-0.15, -0.1) is 0 Å². The molecule has 3 unspecified atom stereocenters. The molecular weight excluding hydrogens is 1290 g/mol. The van der Waals surface area contributed by atoms with E-state index in [-0.39, 0.29) is 25.7 Å². The number of hydrogen-bond acceptors (Lipinski definition) is 15. The maximum atomic E-state index is 13.1. The fourth-order valence-corrected chi connectivity index (χ4v) is 14.0. The smallest absolute Gasteiger partial charge is 0.462 e. The second-order valence-corrected chi connectivity index (χ2v) is 32.0. The van der Waals surface area contributed by atoms with Crippen molar-refractivity contribution in [1.29, 1.82) is 0 Å². The first-order valence-corrected chi connectivity index (χ1v) is 44.7. The Morgan fingerprint density at radius 2 is 0.485 bits per heavy atom. The average Bonchev–Trinajstić information content (AvgIpc) is 1.16. The summed E-state index contributed by atoms with van der Waals surface area (Å²) in [5.41, 5.74) is 0. The van der Waals surface area contributed by atoms with Crippen LogP contribution in [0, 0.1) is 5.92 Å². The summed E-state index contributed by atoms with van der Waals surface area (Å²) in [6.45, 7) is 7.29. The zero-order valence-electron chi connectivity index (χ0n) is 64.6. The SMILES string of the molecule is CCCCCCCCCCCCCCCCCCCCCCC(=O)OC[C@H](COP(=O)(O)OC[C@@H](O)COP(=O)(O)OC[C@@H](COC(=O)CCCCCCC)OC(=O)CCCCCCCCCCCCCC)OC(=O)CCCCCCCCCCCCCCCCCCCCC(C)CC. The molecule has 0 aliphatic heterocycles. The summed E-state index contributed by atoms with van der Waals surface area (Å²) in [6, 6.07) is 0. The number of carbonyl (C=O) groups is 4. The highest BCUT2D eigenvalue weighted by Crippen LogP contribution is 2.45. The van der Waals surface area contributed by atoms with E-state index in [1.54, 1.807) is 0 Å². The first-order chi connectivity index (χ1) is 48.1. The van der Waals surface area contributed by atoms with Crippen LogP contribution in [-0.2, 0) is 65.4 Å². The van der Waals surface area contributed by atoms with Crippen LogP contribution in [0.15, 0.2) is 0 Å². The predicted molar refractivity (Wildman–Crippen MR) is 405 cm³/mol. The molecule has 0 saturated carbocycles. The summed E-state index contributed by atoms with van der Waals surface area (Å²) in [4.78, 5) is 72.6. The summed E-state index contributed by atoms with van der Waals surface area (Å²) in [5, 5.41) is 10.6. The number of esters is 4. The molecule has 3 N–H and O–H groups in total. The van der Waals surface area contributed by atoms with Crippen LogP contribution in [0.25, 0.3) is 0 Å². The van der Waals surface area contributed by atoms with Crippen molar-refractivity contribution in [3.63, 3.8) is 0 Å². The third kappa shape index (κ3) is 72.8. The number of ether oxygens (including phenoxy) is 4. The molecule has 0 bridgehead atoms. The molecule has 0 fully saturated rings. The predicted octanol–water partition coefficient (Wildman–Crippen LogP) is 24.0. The number of unbranched alkanes of at least 4 members (excludes halogenated alkanes) is 51. The number of aliphatic hydroxyl groups is 1. The number of phosphoric ester groups is 2. The molecule has 0 aromatic heterocycles. The zero-order chi connectivity index (χ0) is 72.7. The van der Waals surface area contributed by atoms with Crippen LogP contribution in [-0.4, -0.2) is 96.7 Å². The summed E-state index contributed by atoms with van der Waals surface area (Å²) >= 11 is 0. The van der Waals surface area contributed by atoms with Crippen LogP contribution < -0.4 is 0 Å². The van der Waals surface area contributed by atoms with Crippen LogP contribution in [0.4, 0.5) is 0 Å². The highest BCUT2D eigenvalue weighted by atomic mass is 31.2. The van der Waals surface area contributed by atoms with Gasteiger partial charge in [-0.25, -0.2) is 9.13 Å². The van der Waals surface area contributed by atoms with Crippen molar-refractivity contribution in [1.82, 2.24) is 0 Å². The Morgan fingerprint density at radius 3 is 0.717 bits per heavy atom. The van der Waals surface area contributed by atoms with E-state index in [0.29, 0.717) is 25.7 Å². The number of rotatable bonds is 80. The van der Waals surface area contributed by atoms with Crippen LogP contribution >= 0.6 is 15.6 Å². The van der Waals surface area contributed by atoms with E-state index < -0.39 is 97.5 Å².